The molecule has 0 unspecified atom stereocenters. The number of rotatable bonds is 7. The molecular weight excluding hydrogens is 337 g/mol. The fraction of sp³-hybridized carbons (Fsp3) is 1.00. The van der Waals surface area contributed by atoms with E-state index in [2.05, 4.69) is 0 Å². The summed E-state index contributed by atoms with van der Waals surface area (Å²) in [6.07, 6.45) is 0.497. The van der Waals surface area contributed by atoms with Crippen LogP contribution in [-0.2, 0) is 13.4 Å². The van der Waals surface area contributed by atoms with Crippen LogP contribution in [0.5, 0.6) is 0 Å². The van der Waals surface area contributed by atoms with Gasteiger partial charge in [0.15, 0.2) is 0 Å². The Balaban J connectivity index is -0.000000298. The summed E-state index contributed by atoms with van der Waals surface area (Å²) in [5.74, 6) is -1.12. The minimum atomic E-state index is -4.64. The molecule has 0 atom stereocenters. The SMILES string of the molecule is CO[Si](C)(CCC(N)(N)N)OC.NCCNO.O=P(O)(O)O. The molecule has 0 aromatic rings. The third-order valence-electron chi connectivity index (χ3n) is 2.13. The quantitative estimate of drug-likeness (QED) is 0.0965. The van der Waals surface area contributed by atoms with Crippen LogP contribution in [0.15, 0.2) is 0 Å². The minimum absolute atomic E-state index is 0.472. The second-order valence-corrected chi connectivity index (χ2v) is 8.98. The lowest BCUT2D eigenvalue weighted by Crippen LogP contribution is -2.59. The molecule has 0 aliphatic rings. The summed E-state index contributed by atoms with van der Waals surface area (Å²) in [5, 5.41) is 7.74. The normalized spacial score (nSPS) is 12.0. The Hall–Kier alpha value is 0.00688. The van der Waals surface area contributed by atoms with Crippen LogP contribution in [0.25, 0.3) is 0 Å². The monoisotopic (exact) mass is 367 g/mol. The van der Waals surface area contributed by atoms with Crippen molar-refractivity contribution in [3.05, 3.63) is 0 Å². The van der Waals surface area contributed by atoms with Crippen molar-refractivity contribution in [2.45, 2.75) is 24.8 Å². The van der Waals surface area contributed by atoms with Gasteiger partial charge in [-0.15, -0.1) is 0 Å². The third-order valence-corrected chi connectivity index (χ3v) is 5.02. The van der Waals surface area contributed by atoms with E-state index in [1.807, 2.05) is 12.0 Å². The number of hydrogen-bond acceptors (Lipinski definition) is 9. The maximum absolute atomic E-state index is 8.88. The zero-order valence-corrected chi connectivity index (χ0v) is 15.0. The zero-order valence-electron chi connectivity index (χ0n) is 13.1. The summed E-state index contributed by atoms with van der Waals surface area (Å²) in [4.78, 5) is 21.6. The third kappa shape index (κ3) is 32.1. The van der Waals surface area contributed by atoms with Crippen LogP contribution in [0.3, 0.4) is 0 Å². The van der Waals surface area contributed by atoms with E-state index in [9.17, 15) is 0 Å². The summed E-state index contributed by atoms with van der Waals surface area (Å²) in [6.45, 7) is 2.90. The fourth-order valence-corrected chi connectivity index (χ4v) is 2.26. The predicted octanol–water partition coefficient (Wildman–Crippen LogP) is -2.73. The molecule has 0 aliphatic heterocycles. The Morgan fingerprint density at radius 2 is 1.55 bits per heavy atom. The van der Waals surface area contributed by atoms with Gasteiger partial charge >= 0.3 is 16.4 Å². The van der Waals surface area contributed by atoms with Gasteiger partial charge in [0, 0.05) is 27.3 Å². The van der Waals surface area contributed by atoms with Gasteiger partial charge in [-0.1, -0.05) is 0 Å². The van der Waals surface area contributed by atoms with Crippen molar-refractivity contribution in [2.24, 2.45) is 22.9 Å². The van der Waals surface area contributed by atoms with Gasteiger partial charge in [-0.3, -0.25) is 0 Å². The van der Waals surface area contributed by atoms with E-state index in [1.165, 1.54) is 0 Å². The Kier molecular flexibility index (Phi) is 16.4. The summed E-state index contributed by atoms with van der Waals surface area (Å²) in [5.41, 5.74) is 23.1. The molecule has 12 nitrogen and oxygen atoms in total. The summed E-state index contributed by atoms with van der Waals surface area (Å²) in [6, 6.07) is 0.698. The Bertz CT molecular complexity index is 287. The van der Waals surface area contributed by atoms with Crippen LogP contribution in [-0.4, -0.2) is 61.5 Å². The highest BCUT2D eigenvalue weighted by Gasteiger charge is 2.30. The molecule has 0 radical (unpaired) electrons. The van der Waals surface area contributed by atoms with Gasteiger partial charge in [-0.2, -0.15) is 0 Å². The molecule has 0 spiro atoms. The molecule has 0 fully saturated rings. The van der Waals surface area contributed by atoms with E-state index in [-0.39, 0.29) is 0 Å². The number of hydrogen-bond donors (Lipinski definition) is 9. The van der Waals surface area contributed by atoms with E-state index in [0.717, 1.165) is 0 Å². The highest BCUT2D eigenvalue weighted by atomic mass is 31.2. The van der Waals surface area contributed by atoms with Crippen molar-refractivity contribution >= 4 is 16.4 Å². The molecule has 0 rings (SSSR count). The summed E-state index contributed by atoms with van der Waals surface area (Å²) < 4.78 is 19.3. The lowest BCUT2D eigenvalue weighted by molar-refractivity contribution is 0.170. The predicted molar refractivity (Wildman–Crippen MR) is 83.5 cm³/mol. The highest BCUT2D eigenvalue weighted by Crippen LogP contribution is 2.25. The van der Waals surface area contributed by atoms with Crippen molar-refractivity contribution in [2.75, 3.05) is 27.3 Å². The smallest absolute Gasteiger partial charge is 0.398 e. The molecular formula is C8H30N5O7PSi. The van der Waals surface area contributed by atoms with Crippen molar-refractivity contribution in [3.63, 3.8) is 0 Å². The van der Waals surface area contributed by atoms with Crippen molar-refractivity contribution in [3.8, 4) is 0 Å². The van der Waals surface area contributed by atoms with Crippen LogP contribution in [0.1, 0.15) is 6.42 Å². The second-order valence-electron chi connectivity index (χ2n) is 4.36. The lowest BCUT2D eigenvalue weighted by atomic mass is 10.3. The van der Waals surface area contributed by atoms with E-state index in [1.54, 1.807) is 14.2 Å². The lowest BCUT2D eigenvalue weighted by Gasteiger charge is -2.26. The zero-order chi connectivity index (χ0) is 18.4. The second kappa shape index (κ2) is 13.4. The minimum Gasteiger partial charge on any atom is -0.398 e. The molecule has 0 saturated carbocycles. The molecule has 13 N–H and O–H groups in total. The van der Waals surface area contributed by atoms with E-state index < -0.39 is 22.2 Å². The molecule has 22 heavy (non-hydrogen) atoms. The molecule has 14 heteroatoms. The highest BCUT2D eigenvalue weighted by molar-refractivity contribution is 7.45. The first kappa shape index (κ1) is 26.9. The van der Waals surface area contributed by atoms with E-state index in [0.29, 0.717) is 25.6 Å². The molecule has 0 saturated heterocycles. The van der Waals surface area contributed by atoms with Gasteiger partial charge in [0.2, 0.25) is 0 Å². The van der Waals surface area contributed by atoms with Crippen LogP contribution < -0.4 is 28.4 Å². The number of phosphoric acid groups is 1. The average Bonchev–Trinajstić information content (AvgIpc) is 2.35. The van der Waals surface area contributed by atoms with E-state index >= 15 is 0 Å². The first-order chi connectivity index (χ1) is 9.74. The van der Waals surface area contributed by atoms with Gasteiger partial charge in [0.05, 0.1) is 0 Å². The maximum Gasteiger partial charge on any atom is 0.466 e. The topological polar surface area (TPSA) is 233 Å². The largest absolute Gasteiger partial charge is 0.466 e. The Morgan fingerprint density at radius 1 is 1.18 bits per heavy atom. The standard InChI is InChI=1S/C6H19N3O2Si.C2H8N2O.H3O4P/c1-10-12(3,11-2)5-4-6(7,8)9;3-1-2-4-5;1-5(2,3)4/h4-5,7-9H2,1-3H3;4-5H,1-3H2;(H3,1,2,3,4). The Morgan fingerprint density at radius 3 is 1.68 bits per heavy atom. The first-order valence-electron chi connectivity index (χ1n) is 6.07. The van der Waals surface area contributed by atoms with Crippen LogP contribution >= 0.6 is 7.82 Å². The van der Waals surface area contributed by atoms with E-state index in [4.69, 9.17) is 56.2 Å². The number of nitrogens with one attached hydrogen (secondary N) is 1. The van der Waals surface area contributed by atoms with Gasteiger partial charge in [-0.05, 0) is 19.0 Å². The molecule has 138 valence electrons. The van der Waals surface area contributed by atoms with Gasteiger partial charge in [0.1, 0.15) is 5.79 Å². The van der Waals surface area contributed by atoms with Crippen LogP contribution in [0.4, 0.5) is 0 Å². The Labute approximate surface area is 131 Å². The van der Waals surface area contributed by atoms with Gasteiger partial charge in [0.25, 0.3) is 0 Å². The number of nitrogens with two attached hydrogens (primary N) is 4. The molecule has 0 amide bonds. The molecule has 0 aliphatic carbocycles. The van der Waals surface area contributed by atoms with Crippen molar-refractivity contribution in [1.82, 2.24) is 5.48 Å². The summed E-state index contributed by atoms with van der Waals surface area (Å²) >= 11 is 0. The number of hydroxylamine groups is 1. The summed E-state index contributed by atoms with van der Waals surface area (Å²) in [7, 11) is -3.43. The van der Waals surface area contributed by atoms with Crippen molar-refractivity contribution < 1.29 is 33.3 Å². The maximum atomic E-state index is 8.88. The molecule has 0 bridgehead atoms. The van der Waals surface area contributed by atoms with Gasteiger partial charge < -0.3 is 51.7 Å². The van der Waals surface area contributed by atoms with Gasteiger partial charge in [-0.25, -0.2) is 10.0 Å². The average molecular weight is 367 g/mol. The van der Waals surface area contributed by atoms with Crippen LogP contribution in [0.2, 0.25) is 12.6 Å². The molecule has 0 aromatic carbocycles. The van der Waals surface area contributed by atoms with Crippen LogP contribution in [0, 0.1) is 0 Å². The fourth-order valence-electron chi connectivity index (χ4n) is 0.796. The molecule has 0 heterocycles. The van der Waals surface area contributed by atoms with Crippen molar-refractivity contribution in [1.29, 1.82) is 0 Å². The molecule has 0 aromatic heterocycles. The first-order valence-corrected chi connectivity index (χ1v) is 10.2.